The minimum atomic E-state index is -0.656. The van der Waals surface area contributed by atoms with Crippen molar-refractivity contribution in [2.45, 2.75) is 17.9 Å². The summed E-state index contributed by atoms with van der Waals surface area (Å²) in [6.07, 6.45) is 1.26. The second kappa shape index (κ2) is 8.05. The van der Waals surface area contributed by atoms with Gasteiger partial charge in [-0.2, -0.15) is 0 Å². The van der Waals surface area contributed by atoms with E-state index in [9.17, 15) is 4.79 Å². The molecule has 0 aliphatic carbocycles. The number of methoxy groups -OCH3 is 1. The molecule has 0 bridgehead atoms. The van der Waals surface area contributed by atoms with Crippen molar-refractivity contribution in [3.05, 3.63) is 60.0 Å². The van der Waals surface area contributed by atoms with Gasteiger partial charge in [0.15, 0.2) is 6.10 Å². The summed E-state index contributed by atoms with van der Waals surface area (Å²) in [5.74, 6) is 0.913. The molecule has 1 atom stereocenters. The number of rotatable bonds is 6. The van der Waals surface area contributed by atoms with Gasteiger partial charge in [-0.25, -0.2) is 4.79 Å². The van der Waals surface area contributed by atoms with Crippen LogP contribution in [0.1, 0.15) is 29.3 Å². The number of esters is 1. The molecule has 3 rings (SSSR count). The fraction of sp³-hybridized carbons (Fsp3) is 0.211. The van der Waals surface area contributed by atoms with Crippen LogP contribution in [0.25, 0.3) is 11.5 Å². The van der Waals surface area contributed by atoms with Crippen LogP contribution in [0.4, 0.5) is 0 Å². The number of carbonyl (C=O) groups excluding carboxylic acids is 1. The Morgan fingerprint density at radius 2 is 1.85 bits per heavy atom. The van der Waals surface area contributed by atoms with Gasteiger partial charge in [0, 0.05) is 10.5 Å². The monoisotopic (exact) mass is 370 g/mol. The van der Waals surface area contributed by atoms with E-state index in [1.165, 1.54) is 11.8 Å². The molecule has 0 fully saturated rings. The number of aromatic nitrogens is 2. The highest BCUT2D eigenvalue weighted by atomic mass is 32.2. The molecule has 0 unspecified atom stereocenters. The quantitative estimate of drug-likeness (QED) is 0.471. The highest BCUT2D eigenvalue weighted by Crippen LogP contribution is 2.26. The van der Waals surface area contributed by atoms with E-state index >= 15 is 0 Å². The maximum absolute atomic E-state index is 12.4. The summed E-state index contributed by atoms with van der Waals surface area (Å²) in [5.41, 5.74) is 1.28. The Kier molecular flexibility index (Phi) is 5.58. The van der Waals surface area contributed by atoms with Gasteiger partial charge in [-0.1, -0.05) is 12.1 Å². The molecule has 0 amide bonds. The zero-order valence-electron chi connectivity index (χ0n) is 14.6. The van der Waals surface area contributed by atoms with Gasteiger partial charge in [-0.05, 0) is 49.6 Å². The predicted octanol–water partition coefficient (Wildman–Crippen LogP) is 4.39. The van der Waals surface area contributed by atoms with Gasteiger partial charge in [0.05, 0.1) is 12.7 Å². The summed E-state index contributed by atoms with van der Waals surface area (Å²) in [4.78, 5) is 13.3. The van der Waals surface area contributed by atoms with Crippen molar-refractivity contribution in [2.75, 3.05) is 13.4 Å². The second-order valence-corrected chi connectivity index (χ2v) is 6.27. The lowest BCUT2D eigenvalue weighted by molar-refractivity contribution is 0.0276. The molecule has 0 saturated carbocycles. The van der Waals surface area contributed by atoms with Gasteiger partial charge in [-0.3, -0.25) is 0 Å². The van der Waals surface area contributed by atoms with Crippen molar-refractivity contribution in [2.24, 2.45) is 0 Å². The van der Waals surface area contributed by atoms with Crippen LogP contribution in [0.2, 0.25) is 0 Å². The molecule has 0 radical (unpaired) electrons. The first-order valence-electron chi connectivity index (χ1n) is 7.94. The molecule has 0 aliphatic heterocycles. The van der Waals surface area contributed by atoms with Crippen molar-refractivity contribution in [3.8, 4) is 17.2 Å². The standard InChI is InChI=1S/C19H18N2O4S/c1-12(24-19(22)15-6-4-5-7-16(15)26-3)17-20-21-18(25-17)13-8-10-14(23-2)11-9-13/h4-12H,1-3H3/t12-/m1/s1. The average Bonchev–Trinajstić information content (AvgIpc) is 3.18. The Balaban J connectivity index is 1.73. The number of carbonyl (C=O) groups is 1. The van der Waals surface area contributed by atoms with Crippen molar-refractivity contribution in [1.29, 1.82) is 0 Å². The Hall–Kier alpha value is -2.80. The van der Waals surface area contributed by atoms with Crippen molar-refractivity contribution in [1.82, 2.24) is 10.2 Å². The summed E-state index contributed by atoms with van der Waals surface area (Å²) in [6, 6.07) is 14.5. The summed E-state index contributed by atoms with van der Waals surface area (Å²) < 4.78 is 16.3. The maximum atomic E-state index is 12.4. The Bertz CT molecular complexity index is 893. The zero-order valence-corrected chi connectivity index (χ0v) is 15.4. The molecule has 134 valence electrons. The molecular formula is C19H18N2O4S. The van der Waals surface area contributed by atoms with Gasteiger partial charge < -0.3 is 13.9 Å². The maximum Gasteiger partial charge on any atom is 0.340 e. The minimum absolute atomic E-state index is 0.241. The Labute approximate surface area is 155 Å². The number of thioether (sulfide) groups is 1. The molecule has 2 aromatic carbocycles. The minimum Gasteiger partial charge on any atom is -0.497 e. The highest BCUT2D eigenvalue weighted by molar-refractivity contribution is 7.98. The van der Waals surface area contributed by atoms with Crippen molar-refractivity contribution in [3.63, 3.8) is 0 Å². The van der Waals surface area contributed by atoms with Crippen molar-refractivity contribution < 1.29 is 18.7 Å². The SMILES string of the molecule is COc1ccc(-c2nnc([C@@H](C)OC(=O)c3ccccc3SC)o2)cc1. The molecule has 26 heavy (non-hydrogen) atoms. The van der Waals surface area contributed by atoms with E-state index in [0.29, 0.717) is 11.5 Å². The van der Waals surface area contributed by atoms with Crippen molar-refractivity contribution >= 4 is 17.7 Å². The average molecular weight is 370 g/mol. The molecule has 6 nitrogen and oxygen atoms in total. The lowest BCUT2D eigenvalue weighted by Gasteiger charge is -2.11. The summed E-state index contributed by atoms with van der Waals surface area (Å²) >= 11 is 1.49. The van der Waals surface area contributed by atoms with Crippen LogP contribution < -0.4 is 4.74 Å². The van der Waals surface area contributed by atoms with Crippen LogP contribution in [0.15, 0.2) is 57.8 Å². The van der Waals surface area contributed by atoms with Gasteiger partial charge in [-0.15, -0.1) is 22.0 Å². The van der Waals surface area contributed by atoms with E-state index in [-0.39, 0.29) is 5.89 Å². The summed E-state index contributed by atoms with van der Waals surface area (Å²) in [7, 11) is 1.60. The summed E-state index contributed by atoms with van der Waals surface area (Å²) in [6.45, 7) is 1.70. The molecule has 1 heterocycles. The number of hydrogen-bond acceptors (Lipinski definition) is 7. The largest absolute Gasteiger partial charge is 0.497 e. The van der Waals surface area contributed by atoms with Gasteiger partial charge >= 0.3 is 5.97 Å². The van der Waals surface area contributed by atoms with E-state index in [1.54, 1.807) is 26.2 Å². The van der Waals surface area contributed by atoms with E-state index < -0.39 is 12.1 Å². The zero-order chi connectivity index (χ0) is 18.5. The van der Waals surface area contributed by atoms with Gasteiger partial charge in [0.2, 0.25) is 5.89 Å². The molecular weight excluding hydrogens is 352 g/mol. The molecule has 0 aliphatic rings. The molecule has 0 saturated heterocycles. The van der Waals surface area contributed by atoms with E-state index in [0.717, 1.165) is 16.2 Å². The topological polar surface area (TPSA) is 74.5 Å². The van der Waals surface area contributed by atoms with E-state index in [1.807, 2.05) is 42.7 Å². The van der Waals surface area contributed by atoms with Crippen LogP contribution in [0, 0.1) is 0 Å². The smallest absolute Gasteiger partial charge is 0.340 e. The van der Waals surface area contributed by atoms with Gasteiger partial charge in [0.25, 0.3) is 5.89 Å². The lowest BCUT2D eigenvalue weighted by atomic mass is 10.2. The van der Waals surface area contributed by atoms with Crippen LogP contribution >= 0.6 is 11.8 Å². The number of ether oxygens (including phenoxy) is 2. The van der Waals surface area contributed by atoms with E-state index in [2.05, 4.69) is 10.2 Å². The Morgan fingerprint density at radius 3 is 2.54 bits per heavy atom. The lowest BCUT2D eigenvalue weighted by Crippen LogP contribution is -2.10. The van der Waals surface area contributed by atoms with Crippen LogP contribution in [-0.4, -0.2) is 29.5 Å². The van der Waals surface area contributed by atoms with Gasteiger partial charge in [0.1, 0.15) is 5.75 Å². The molecule has 7 heteroatoms. The van der Waals surface area contributed by atoms with E-state index in [4.69, 9.17) is 13.9 Å². The van der Waals surface area contributed by atoms with Crippen LogP contribution in [0.3, 0.4) is 0 Å². The third-order valence-corrected chi connectivity index (χ3v) is 4.53. The fourth-order valence-corrected chi connectivity index (χ4v) is 2.92. The molecule has 0 spiro atoms. The molecule has 3 aromatic rings. The highest BCUT2D eigenvalue weighted by Gasteiger charge is 2.21. The molecule has 1 aromatic heterocycles. The van der Waals surface area contributed by atoms with Crippen LogP contribution in [0.5, 0.6) is 5.75 Å². The first-order chi connectivity index (χ1) is 12.6. The summed E-state index contributed by atoms with van der Waals surface area (Å²) in [5, 5.41) is 8.02. The first-order valence-corrected chi connectivity index (χ1v) is 9.16. The normalized spacial score (nSPS) is 11.8. The third kappa shape index (κ3) is 3.88. The number of benzene rings is 2. The predicted molar refractivity (Wildman–Crippen MR) is 98.3 cm³/mol. The first kappa shape index (κ1) is 18.0. The third-order valence-electron chi connectivity index (χ3n) is 3.74. The number of nitrogens with zero attached hydrogens (tertiary/aromatic N) is 2. The number of hydrogen-bond donors (Lipinski definition) is 0. The Morgan fingerprint density at radius 1 is 1.12 bits per heavy atom. The molecule has 0 N–H and O–H groups in total. The second-order valence-electron chi connectivity index (χ2n) is 5.42. The van der Waals surface area contributed by atoms with Crippen LogP contribution in [-0.2, 0) is 4.74 Å². The fourth-order valence-electron chi connectivity index (χ4n) is 2.34.